The Hall–Kier alpha value is -1.71. The molecule has 2 aromatic carbocycles. The molecule has 1 saturated carbocycles. The Morgan fingerprint density at radius 1 is 1.13 bits per heavy atom. The van der Waals surface area contributed by atoms with Gasteiger partial charge in [0.1, 0.15) is 0 Å². The molecule has 120 valence electrons. The summed E-state index contributed by atoms with van der Waals surface area (Å²) < 4.78 is 33.8. The fourth-order valence-corrected chi connectivity index (χ4v) is 3.15. The average Bonchev–Trinajstić information content (AvgIpc) is 3.40. The fraction of sp³-hybridized carbons (Fsp3) is 0.263. The van der Waals surface area contributed by atoms with Crippen LogP contribution in [0.5, 0.6) is 0 Å². The summed E-state index contributed by atoms with van der Waals surface area (Å²) in [6, 6.07) is 11.5. The van der Waals surface area contributed by atoms with Crippen LogP contribution in [0.15, 0.2) is 55.1 Å². The van der Waals surface area contributed by atoms with Gasteiger partial charge in [-0.15, -0.1) is 6.58 Å². The van der Waals surface area contributed by atoms with E-state index in [1.807, 2.05) is 24.3 Å². The summed E-state index contributed by atoms with van der Waals surface area (Å²) >= 11 is 6.75. The number of ether oxygens (including phenoxy) is 1. The minimum atomic E-state index is -1.58. The minimum absolute atomic E-state index is 0.0193. The number of hydrogen-bond acceptors (Lipinski definition) is 1. The monoisotopic (exact) mass is 334 g/mol. The summed E-state index contributed by atoms with van der Waals surface area (Å²) in [5, 5.41) is -1.58. The van der Waals surface area contributed by atoms with Crippen molar-refractivity contribution >= 4 is 11.6 Å². The highest BCUT2D eigenvalue weighted by molar-refractivity contribution is 6.25. The molecule has 0 radical (unpaired) electrons. The second-order valence-electron chi connectivity index (χ2n) is 5.66. The van der Waals surface area contributed by atoms with Crippen LogP contribution in [-0.2, 0) is 9.80 Å². The van der Waals surface area contributed by atoms with E-state index in [-0.39, 0.29) is 12.2 Å². The predicted octanol–water partition coefficient (Wildman–Crippen LogP) is 5.48. The van der Waals surface area contributed by atoms with E-state index in [0.717, 1.165) is 24.5 Å². The lowest BCUT2D eigenvalue weighted by Crippen LogP contribution is -2.28. The van der Waals surface area contributed by atoms with Crippen LogP contribution in [0.25, 0.3) is 0 Å². The van der Waals surface area contributed by atoms with E-state index in [9.17, 15) is 8.78 Å². The lowest BCUT2D eigenvalue weighted by molar-refractivity contribution is 0.0636. The topological polar surface area (TPSA) is 9.23 Å². The molecule has 1 aliphatic carbocycles. The van der Waals surface area contributed by atoms with Crippen molar-refractivity contribution in [3.8, 4) is 0 Å². The Morgan fingerprint density at radius 3 is 2.52 bits per heavy atom. The fourth-order valence-electron chi connectivity index (χ4n) is 2.77. The first kappa shape index (κ1) is 16.2. The smallest absolute Gasteiger partial charge is 0.196 e. The van der Waals surface area contributed by atoms with Gasteiger partial charge in [0.2, 0.25) is 0 Å². The predicted molar refractivity (Wildman–Crippen MR) is 87.6 cm³/mol. The van der Waals surface area contributed by atoms with Crippen molar-refractivity contribution in [3.63, 3.8) is 0 Å². The van der Waals surface area contributed by atoms with Crippen LogP contribution in [-0.4, -0.2) is 6.61 Å². The van der Waals surface area contributed by atoms with Crippen LogP contribution >= 0.6 is 11.6 Å². The first-order chi connectivity index (χ1) is 11.1. The molecule has 3 rings (SSSR count). The molecule has 1 atom stereocenters. The zero-order valence-electron chi connectivity index (χ0n) is 12.6. The molecule has 0 heterocycles. The van der Waals surface area contributed by atoms with Crippen molar-refractivity contribution < 1.29 is 13.5 Å². The molecule has 0 saturated heterocycles. The first-order valence-electron chi connectivity index (χ1n) is 7.55. The summed E-state index contributed by atoms with van der Waals surface area (Å²) in [5.74, 6) is -1.54. The van der Waals surface area contributed by atoms with Crippen LogP contribution in [0.3, 0.4) is 0 Å². The molecular formula is C19H17ClF2O. The number of halogens is 3. The molecule has 0 amide bonds. The molecule has 0 N–H and O–H groups in total. The largest absolute Gasteiger partial charge is 0.347 e. The van der Waals surface area contributed by atoms with E-state index in [2.05, 4.69) is 6.58 Å². The molecule has 1 fully saturated rings. The van der Waals surface area contributed by atoms with Gasteiger partial charge in [-0.1, -0.05) is 54.1 Å². The van der Waals surface area contributed by atoms with Gasteiger partial charge in [0.25, 0.3) is 0 Å². The quantitative estimate of drug-likeness (QED) is 0.501. The Morgan fingerprint density at radius 2 is 1.83 bits per heavy atom. The van der Waals surface area contributed by atoms with Crippen LogP contribution in [0.4, 0.5) is 8.78 Å². The van der Waals surface area contributed by atoms with Crippen LogP contribution < -0.4 is 0 Å². The van der Waals surface area contributed by atoms with Crippen molar-refractivity contribution in [2.45, 2.75) is 23.8 Å². The van der Waals surface area contributed by atoms with Crippen molar-refractivity contribution in [1.82, 2.24) is 0 Å². The average molecular weight is 335 g/mol. The molecular weight excluding hydrogens is 318 g/mol. The van der Waals surface area contributed by atoms with Gasteiger partial charge >= 0.3 is 0 Å². The zero-order valence-corrected chi connectivity index (χ0v) is 13.3. The third kappa shape index (κ3) is 3.04. The highest BCUT2D eigenvalue weighted by Gasteiger charge is 2.40. The zero-order chi connectivity index (χ0) is 16.4. The van der Waals surface area contributed by atoms with E-state index in [4.69, 9.17) is 16.3 Å². The third-order valence-electron chi connectivity index (χ3n) is 4.02. The van der Waals surface area contributed by atoms with Gasteiger partial charge in [0, 0.05) is 11.1 Å². The van der Waals surface area contributed by atoms with E-state index in [1.165, 1.54) is 18.2 Å². The summed E-state index contributed by atoms with van der Waals surface area (Å²) in [6.45, 7) is 3.73. The number of rotatable bonds is 6. The van der Waals surface area contributed by atoms with Crippen molar-refractivity contribution in [3.05, 3.63) is 83.4 Å². The summed E-state index contributed by atoms with van der Waals surface area (Å²) in [4.78, 5) is 0. The highest BCUT2D eigenvalue weighted by Crippen LogP contribution is 2.48. The van der Waals surface area contributed by atoms with Crippen LogP contribution in [0, 0.1) is 11.6 Å². The number of alkyl halides is 1. The molecule has 0 aliphatic heterocycles. The summed E-state index contributed by atoms with van der Waals surface area (Å²) in [7, 11) is 0. The summed E-state index contributed by atoms with van der Waals surface area (Å²) in [5.41, 5.74) is 1.67. The van der Waals surface area contributed by atoms with Crippen LogP contribution in [0.1, 0.15) is 35.4 Å². The van der Waals surface area contributed by atoms with Gasteiger partial charge in [-0.25, -0.2) is 8.78 Å². The maximum atomic E-state index is 14.4. The minimum Gasteiger partial charge on any atom is -0.347 e. The van der Waals surface area contributed by atoms with E-state index in [0.29, 0.717) is 11.5 Å². The lowest BCUT2D eigenvalue weighted by atomic mass is 9.93. The molecule has 1 unspecified atom stereocenters. The highest BCUT2D eigenvalue weighted by atomic mass is 35.5. The van der Waals surface area contributed by atoms with Crippen molar-refractivity contribution in [1.29, 1.82) is 0 Å². The molecule has 1 nitrogen and oxygen atoms in total. The van der Waals surface area contributed by atoms with Gasteiger partial charge in [-0.05, 0) is 30.4 Å². The van der Waals surface area contributed by atoms with Gasteiger partial charge in [-0.3, -0.25) is 0 Å². The molecule has 2 aromatic rings. The third-order valence-corrected chi connectivity index (χ3v) is 4.54. The van der Waals surface area contributed by atoms with E-state index in [1.54, 1.807) is 0 Å². The number of benzene rings is 2. The normalized spacial score (nSPS) is 16.8. The van der Waals surface area contributed by atoms with Crippen LogP contribution in [0.2, 0.25) is 0 Å². The number of hydrogen-bond donors (Lipinski definition) is 0. The second-order valence-corrected chi connectivity index (χ2v) is 6.19. The molecule has 23 heavy (non-hydrogen) atoms. The second kappa shape index (κ2) is 6.42. The Labute approximate surface area is 139 Å². The maximum absolute atomic E-state index is 14.4. The SMILES string of the molecule is C=CCOC(Cl)(c1ccccc1C1CC1)c1cccc(F)c1F. The van der Waals surface area contributed by atoms with Gasteiger partial charge in [0.05, 0.1) is 6.61 Å². The Bertz CT molecular complexity index is 727. The van der Waals surface area contributed by atoms with E-state index < -0.39 is 16.7 Å². The lowest BCUT2D eigenvalue weighted by Gasteiger charge is -2.30. The van der Waals surface area contributed by atoms with Crippen molar-refractivity contribution in [2.24, 2.45) is 0 Å². The summed E-state index contributed by atoms with van der Waals surface area (Å²) in [6.07, 6.45) is 3.67. The standard InChI is InChI=1S/C19H17ClF2O/c1-2-12-23-19(20,16-8-5-9-17(21)18(16)22)15-7-4-3-6-14(15)13-10-11-13/h2-9,13H,1,10-12H2. The Kier molecular flexibility index (Phi) is 4.51. The molecule has 1 aliphatic rings. The van der Waals surface area contributed by atoms with Crippen molar-refractivity contribution in [2.75, 3.05) is 6.61 Å². The molecule has 4 heteroatoms. The molecule has 0 bridgehead atoms. The van der Waals surface area contributed by atoms with Gasteiger partial charge in [-0.2, -0.15) is 0 Å². The molecule has 0 aromatic heterocycles. The van der Waals surface area contributed by atoms with Gasteiger partial charge < -0.3 is 4.74 Å². The first-order valence-corrected chi connectivity index (χ1v) is 7.93. The Balaban J connectivity index is 2.17. The molecule has 0 spiro atoms. The van der Waals surface area contributed by atoms with Gasteiger partial charge in [0.15, 0.2) is 16.7 Å². The maximum Gasteiger partial charge on any atom is 0.196 e. The van der Waals surface area contributed by atoms with E-state index >= 15 is 0 Å².